The van der Waals surface area contributed by atoms with Crippen LogP contribution in [0.25, 0.3) is 53.9 Å². The van der Waals surface area contributed by atoms with Gasteiger partial charge in [-0.15, -0.1) is 23.8 Å². The fraction of sp³-hybridized carbons (Fsp3) is 0.233. The van der Waals surface area contributed by atoms with E-state index in [1.165, 1.54) is 65.6 Å². The van der Waals surface area contributed by atoms with E-state index in [0.717, 1.165) is 55.2 Å². The average Bonchev–Trinajstić information content (AvgIpc) is 3.76. The van der Waals surface area contributed by atoms with E-state index < -0.39 is 24.9 Å². The number of hydrogen-bond donors (Lipinski definition) is 0. The van der Waals surface area contributed by atoms with Crippen molar-refractivity contribution in [3.8, 4) is 33.6 Å². The molecule has 4 aromatic heterocycles. The Labute approximate surface area is 319 Å². The van der Waals surface area contributed by atoms with Crippen LogP contribution in [0.4, 0.5) is 8.78 Å². The van der Waals surface area contributed by atoms with Crippen LogP contribution in [0.15, 0.2) is 97.5 Å². The van der Waals surface area contributed by atoms with Crippen molar-refractivity contribution < 1.29 is 28.9 Å². The van der Waals surface area contributed by atoms with Gasteiger partial charge in [-0.25, -0.2) is 13.8 Å². The zero-order chi connectivity index (χ0) is 34.8. The Morgan fingerprint density at radius 1 is 0.804 bits per heavy atom. The molecule has 261 valence electrons. The molecular weight excluding hydrogens is 893 g/mol. The predicted molar refractivity (Wildman–Crippen MR) is 206 cm³/mol. The number of benzene rings is 3. The summed E-state index contributed by atoms with van der Waals surface area (Å²) in [4.78, 5) is 14.5. The van der Waals surface area contributed by atoms with E-state index in [-0.39, 0.29) is 25.7 Å². The Balaban J connectivity index is 0.000000211. The monoisotopic (exact) mass is 934 g/mol. The fourth-order valence-corrected chi connectivity index (χ4v) is 11.6. The number of halogens is 2. The Kier molecular flexibility index (Phi) is 11.6. The smallest absolute Gasteiger partial charge is 0.134 e. The van der Waals surface area contributed by atoms with Crippen LogP contribution in [0.1, 0.15) is 36.8 Å². The van der Waals surface area contributed by atoms with Crippen LogP contribution >= 0.6 is 11.3 Å². The number of aromatic nitrogens is 3. The summed E-state index contributed by atoms with van der Waals surface area (Å²) in [6.07, 6.45) is 11.9. The van der Waals surface area contributed by atoms with Gasteiger partial charge in [0.1, 0.15) is 16.5 Å². The first-order valence-electron chi connectivity index (χ1n) is 17.2. The molecule has 0 unspecified atom stereocenters. The van der Waals surface area contributed by atoms with Crippen LogP contribution in [0, 0.1) is 36.6 Å². The maximum Gasteiger partial charge on any atom is 0.134 e. The summed E-state index contributed by atoms with van der Waals surface area (Å²) in [7, 11) is 0. The van der Waals surface area contributed by atoms with E-state index in [0.29, 0.717) is 5.56 Å². The summed E-state index contributed by atoms with van der Waals surface area (Å²) in [6.45, 7) is 2.19. The van der Waals surface area contributed by atoms with Crippen molar-refractivity contribution in [1.82, 2.24) is 15.0 Å². The van der Waals surface area contributed by atoms with Gasteiger partial charge in [0.2, 0.25) is 0 Å². The fourth-order valence-electron chi connectivity index (χ4n) is 7.00. The van der Waals surface area contributed by atoms with E-state index in [1.54, 1.807) is 11.3 Å². The third-order valence-corrected chi connectivity index (χ3v) is 15.1. The third kappa shape index (κ3) is 8.39. The summed E-state index contributed by atoms with van der Waals surface area (Å²) in [5, 5.41) is 1.88. The first-order chi connectivity index (χ1) is 24.1. The van der Waals surface area contributed by atoms with E-state index >= 15 is 0 Å². The molecule has 0 bridgehead atoms. The largest absolute Gasteiger partial charge is 0.305 e. The van der Waals surface area contributed by atoms with Crippen molar-refractivity contribution >= 4 is 49.3 Å². The molecule has 0 saturated heterocycles. The van der Waals surface area contributed by atoms with Gasteiger partial charge in [0.05, 0.1) is 5.56 Å². The zero-order valence-corrected chi connectivity index (χ0v) is 34.5. The number of hydrogen-bond acceptors (Lipinski definition) is 4. The molecule has 1 fully saturated rings. The molecule has 51 heavy (non-hydrogen) atoms. The van der Waals surface area contributed by atoms with E-state index in [4.69, 9.17) is 0 Å². The summed E-state index contributed by atoms with van der Waals surface area (Å²) >= 11 is -0.221. The number of rotatable bonds is 6. The summed E-state index contributed by atoms with van der Waals surface area (Å²) < 4.78 is 31.3. The van der Waals surface area contributed by atoms with Gasteiger partial charge in [-0.1, -0.05) is 48.8 Å². The SMILES string of the molecule is Cc1cc(-c2[c-]cccc2)nc[c]1[Ge]([CH3])([CH3])[CH3].Fc1cccc(F)c1-c1cnc2sc3c[c-]c(-c4cc(CC5CCCC5)ccn4)cc3c2c1.[Ir]. The molecular formula is C43H39F2GeIrN3S-2. The molecule has 1 saturated carbocycles. The van der Waals surface area contributed by atoms with Crippen LogP contribution in [0.5, 0.6) is 0 Å². The van der Waals surface area contributed by atoms with Gasteiger partial charge in [-0.05, 0) is 47.0 Å². The topological polar surface area (TPSA) is 38.7 Å². The van der Waals surface area contributed by atoms with Gasteiger partial charge in [-0.3, -0.25) is 0 Å². The second kappa shape index (κ2) is 16.0. The van der Waals surface area contributed by atoms with E-state index in [1.807, 2.05) is 36.5 Å². The van der Waals surface area contributed by atoms with Crippen molar-refractivity contribution in [2.24, 2.45) is 5.92 Å². The van der Waals surface area contributed by atoms with Crippen molar-refractivity contribution in [1.29, 1.82) is 0 Å². The molecule has 3 aromatic carbocycles. The van der Waals surface area contributed by atoms with Gasteiger partial charge in [-0.2, -0.15) is 11.3 Å². The molecule has 4 heterocycles. The first-order valence-corrected chi connectivity index (χ1v) is 25.4. The minimum absolute atomic E-state index is 0. The van der Waals surface area contributed by atoms with Gasteiger partial charge in [0.25, 0.3) is 0 Å². The molecule has 3 nitrogen and oxygen atoms in total. The Bertz CT molecular complexity index is 2280. The van der Waals surface area contributed by atoms with Gasteiger partial charge >= 0.3 is 106 Å². The number of thiophene rings is 1. The first kappa shape index (κ1) is 37.1. The molecule has 1 aliphatic rings. The van der Waals surface area contributed by atoms with E-state index in [9.17, 15) is 8.78 Å². The molecule has 1 aliphatic carbocycles. The summed E-state index contributed by atoms with van der Waals surface area (Å²) in [5.41, 5.74) is 6.99. The van der Waals surface area contributed by atoms with Crippen LogP contribution in [0.3, 0.4) is 0 Å². The van der Waals surface area contributed by atoms with Crippen LogP contribution in [-0.2, 0) is 26.5 Å². The summed E-state index contributed by atoms with van der Waals surface area (Å²) in [6, 6.07) is 30.8. The Morgan fingerprint density at radius 3 is 2.27 bits per heavy atom. The molecule has 0 atom stereocenters. The maximum absolute atomic E-state index is 14.4. The number of nitrogens with zero attached hydrogens (tertiary/aromatic N) is 3. The molecule has 1 radical (unpaired) electrons. The van der Waals surface area contributed by atoms with Crippen LogP contribution in [-0.4, -0.2) is 28.2 Å². The van der Waals surface area contributed by atoms with Gasteiger partial charge in [0, 0.05) is 43.4 Å². The van der Waals surface area contributed by atoms with Crippen molar-refractivity contribution in [3.63, 3.8) is 0 Å². The molecule has 0 amide bonds. The van der Waals surface area contributed by atoms with Gasteiger partial charge in [0.15, 0.2) is 0 Å². The number of pyridine rings is 3. The van der Waals surface area contributed by atoms with Crippen molar-refractivity contribution in [2.45, 2.75) is 56.3 Å². The number of aryl methyl sites for hydroxylation is 1. The van der Waals surface area contributed by atoms with Crippen molar-refractivity contribution in [2.75, 3.05) is 0 Å². The molecule has 8 rings (SSSR count). The standard InChI is InChI=1S/C28H21F2N2S.C15H18GeN.Ir/c29-23-6-3-7-24(30)27(23)20-15-22-21-14-19(8-9-26(21)33-28(22)32-16-20)25-13-18(10-11-31-25)12-17-4-1-2-5-17;1-12-10-15(13-8-6-5-7-9-13)17-11-14(12)16(2,3)4;/h3,6-7,9-11,13-17H,1-2,4-5,12H2;5-8,10-11H,1-4H3;/q2*-1;. The van der Waals surface area contributed by atoms with Gasteiger partial charge < -0.3 is 4.98 Å². The normalized spacial score (nSPS) is 13.2. The molecule has 8 heteroatoms. The summed E-state index contributed by atoms with van der Waals surface area (Å²) in [5.74, 6) is 6.80. The molecule has 0 N–H and O–H groups in total. The van der Waals surface area contributed by atoms with Crippen LogP contribution in [0.2, 0.25) is 17.3 Å². The Hall–Kier alpha value is -3.62. The van der Waals surface area contributed by atoms with Crippen LogP contribution < -0.4 is 4.40 Å². The average molecular weight is 933 g/mol. The quantitative estimate of drug-likeness (QED) is 0.123. The third-order valence-electron chi connectivity index (χ3n) is 9.52. The second-order valence-corrected chi connectivity index (χ2v) is 25.8. The second-order valence-electron chi connectivity index (χ2n) is 14.2. The maximum atomic E-state index is 14.4. The minimum atomic E-state index is -1.77. The molecule has 0 spiro atoms. The molecule has 7 aromatic rings. The Morgan fingerprint density at radius 2 is 1.57 bits per heavy atom. The zero-order valence-electron chi connectivity index (χ0n) is 29.2. The van der Waals surface area contributed by atoms with E-state index in [2.05, 4.69) is 87.8 Å². The van der Waals surface area contributed by atoms with Crippen molar-refractivity contribution in [3.05, 3.63) is 132 Å². The number of fused-ring (bicyclic) bond motifs is 3. The molecule has 0 aliphatic heterocycles. The minimum Gasteiger partial charge on any atom is -0.305 e. The predicted octanol–water partition coefficient (Wildman–Crippen LogP) is 11.4.